The Bertz CT molecular complexity index is 977. The van der Waals surface area contributed by atoms with Crippen molar-refractivity contribution in [3.8, 4) is 5.69 Å². The number of halogens is 1. The van der Waals surface area contributed by atoms with Crippen molar-refractivity contribution in [2.45, 2.75) is 52.1 Å². The van der Waals surface area contributed by atoms with Gasteiger partial charge in [-0.2, -0.15) is 5.10 Å². The SMILES string of the molecule is CCC(=O)Nc1c(C)nn(-c2ccc(Cl)cc2)c1N1CCC(C(=O)NC[C@@H]2CCCO2)CC1. The van der Waals surface area contributed by atoms with Crippen molar-refractivity contribution < 1.29 is 14.3 Å². The smallest absolute Gasteiger partial charge is 0.224 e. The van der Waals surface area contributed by atoms with Crippen LogP contribution in [0.3, 0.4) is 0 Å². The first kappa shape index (κ1) is 23.6. The molecule has 0 saturated carbocycles. The highest BCUT2D eigenvalue weighted by molar-refractivity contribution is 6.30. The van der Waals surface area contributed by atoms with Crippen LogP contribution in [0.2, 0.25) is 5.02 Å². The van der Waals surface area contributed by atoms with Gasteiger partial charge in [0.1, 0.15) is 5.69 Å². The molecule has 0 radical (unpaired) electrons. The Kier molecular flexibility index (Phi) is 7.55. The van der Waals surface area contributed by atoms with E-state index in [1.807, 2.05) is 42.8 Å². The molecule has 1 aromatic carbocycles. The van der Waals surface area contributed by atoms with Gasteiger partial charge in [-0.25, -0.2) is 4.68 Å². The first-order valence-corrected chi connectivity index (χ1v) is 12.1. The maximum Gasteiger partial charge on any atom is 0.224 e. The lowest BCUT2D eigenvalue weighted by atomic mass is 9.95. The Morgan fingerprint density at radius 2 is 1.91 bits per heavy atom. The number of piperidine rings is 1. The van der Waals surface area contributed by atoms with E-state index in [1.165, 1.54) is 0 Å². The number of nitrogens with one attached hydrogen (secondary N) is 2. The number of hydrogen-bond donors (Lipinski definition) is 2. The largest absolute Gasteiger partial charge is 0.376 e. The zero-order chi connectivity index (χ0) is 23.4. The predicted molar refractivity (Wildman–Crippen MR) is 129 cm³/mol. The zero-order valence-electron chi connectivity index (χ0n) is 19.3. The second kappa shape index (κ2) is 10.6. The van der Waals surface area contributed by atoms with Crippen LogP contribution in [0.15, 0.2) is 24.3 Å². The summed E-state index contributed by atoms with van der Waals surface area (Å²) < 4.78 is 7.47. The van der Waals surface area contributed by atoms with E-state index in [4.69, 9.17) is 21.4 Å². The van der Waals surface area contributed by atoms with Gasteiger partial charge >= 0.3 is 0 Å². The van der Waals surface area contributed by atoms with Crippen molar-refractivity contribution in [1.82, 2.24) is 15.1 Å². The average molecular weight is 474 g/mol. The molecule has 1 atom stereocenters. The molecule has 2 aliphatic rings. The van der Waals surface area contributed by atoms with Gasteiger partial charge in [-0.1, -0.05) is 18.5 Å². The van der Waals surface area contributed by atoms with Crippen molar-refractivity contribution in [3.63, 3.8) is 0 Å². The third-order valence-corrected chi connectivity index (χ3v) is 6.64. The van der Waals surface area contributed by atoms with Gasteiger partial charge in [-0.15, -0.1) is 0 Å². The van der Waals surface area contributed by atoms with Crippen molar-refractivity contribution in [2.24, 2.45) is 5.92 Å². The van der Waals surface area contributed by atoms with Gasteiger partial charge in [-0.3, -0.25) is 9.59 Å². The number of carbonyl (C=O) groups excluding carboxylic acids is 2. The standard InChI is InChI=1S/C24H32ClN5O3/c1-3-21(31)27-22-16(2)28-30(19-8-6-18(25)7-9-19)24(22)29-12-10-17(11-13-29)23(32)26-15-20-5-4-14-33-20/h6-9,17,20H,3-5,10-15H2,1-2H3,(H,26,32)(H,27,31)/t20-/m0/s1. The van der Waals surface area contributed by atoms with Crippen LogP contribution in [0, 0.1) is 12.8 Å². The van der Waals surface area contributed by atoms with E-state index in [-0.39, 0.29) is 23.8 Å². The Labute approximate surface area is 199 Å². The third-order valence-electron chi connectivity index (χ3n) is 6.39. The van der Waals surface area contributed by atoms with Crippen LogP contribution in [-0.2, 0) is 14.3 Å². The molecule has 0 aliphatic carbocycles. The molecule has 0 spiro atoms. The van der Waals surface area contributed by atoms with Gasteiger partial charge in [0, 0.05) is 43.6 Å². The van der Waals surface area contributed by atoms with Crippen molar-refractivity contribution in [2.75, 3.05) is 36.5 Å². The number of aromatic nitrogens is 2. The highest BCUT2D eigenvalue weighted by atomic mass is 35.5. The van der Waals surface area contributed by atoms with Gasteiger partial charge in [0.15, 0.2) is 5.82 Å². The third kappa shape index (κ3) is 5.50. The molecule has 2 aromatic rings. The number of aryl methyl sites for hydroxylation is 1. The van der Waals surface area contributed by atoms with E-state index in [0.29, 0.717) is 31.1 Å². The second-order valence-corrected chi connectivity index (χ2v) is 9.15. The molecule has 178 valence electrons. The minimum Gasteiger partial charge on any atom is -0.376 e. The summed E-state index contributed by atoms with van der Waals surface area (Å²) >= 11 is 6.08. The predicted octanol–water partition coefficient (Wildman–Crippen LogP) is 3.69. The number of hydrogen-bond acceptors (Lipinski definition) is 5. The summed E-state index contributed by atoms with van der Waals surface area (Å²) in [5.74, 6) is 0.865. The van der Waals surface area contributed by atoms with Crippen LogP contribution in [0.25, 0.3) is 5.69 Å². The number of rotatable bonds is 7. The van der Waals surface area contributed by atoms with Gasteiger partial charge in [0.05, 0.1) is 17.5 Å². The number of carbonyl (C=O) groups is 2. The topological polar surface area (TPSA) is 88.5 Å². The van der Waals surface area contributed by atoms with Crippen molar-refractivity contribution in [3.05, 3.63) is 35.0 Å². The molecule has 33 heavy (non-hydrogen) atoms. The normalized spacial score (nSPS) is 19.0. The first-order valence-electron chi connectivity index (χ1n) is 11.8. The zero-order valence-corrected chi connectivity index (χ0v) is 20.0. The molecule has 2 N–H and O–H groups in total. The van der Waals surface area contributed by atoms with Gasteiger partial charge in [0.25, 0.3) is 0 Å². The molecule has 0 unspecified atom stereocenters. The summed E-state index contributed by atoms with van der Waals surface area (Å²) in [5, 5.41) is 11.5. The molecule has 2 saturated heterocycles. The van der Waals surface area contributed by atoms with Crippen LogP contribution in [0.5, 0.6) is 0 Å². The lowest BCUT2D eigenvalue weighted by Crippen LogP contribution is -2.43. The van der Waals surface area contributed by atoms with Crippen LogP contribution in [-0.4, -0.2) is 53.9 Å². The van der Waals surface area contributed by atoms with E-state index in [0.717, 1.165) is 55.2 Å². The number of ether oxygens (including phenoxy) is 1. The molecule has 4 rings (SSSR count). The van der Waals surface area contributed by atoms with Crippen molar-refractivity contribution >= 4 is 34.9 Å². The van der Waals surface area contributed by atoms with Crippen molar-refractivity contribution in [1.29, 1.82) is 0 Å². The van der Waals surface area contributed by atoms with E-state index < -0.39 is 0 Å². The van der Waals surface area contributed by atoms with Crippen LogP contribution in [0.1, 0.15) is 44.7 Å². The molecular weight excluding hydrogens is 442 g/mol. The minimum atomic E-state index is -0.0570. The van der Waals surface area contributed by atoms with Crippen LogP contribution < -0.4 is 15.5 Å². The molecule has 9 heteroatoms. The Balaban J connectivity index is 1.50. The average Bonchev–Trinajstić information content (AvgIpc) is 3.46. The fraction of sp³-hybridized carbons (Fsp3) is 0.542. The minimum absolute atomic E-state index is 0.0238. The lowest BCUT2D eigenvalue weighted by Gasteiger charge is -2.33. The van der Waals surface area contributed by atoms with Gasteiger partial charge in [0.2, 0.25) is 11.8 Å². The molecular formula is C24H32ClN5O3. The number of anilines is 2. The van der Waals surface area contributed by atoms with E-state index in [2.05, 4.69) is 15.5 Å². The van der Waals surface area contributed by atoms with Gasteiger partial charge < -0.3 is 20.3 Å². The molecule has 3 heterocycles. The van der Waals surface area contributed by atoms with Gasteiger partial charge in [-0.05, 0) is 56.9 Å². The molecule has 8 nitrogen and oxygen atoms in total. The fourth-order valence-corrected chi connectivity index (χ4v) is 4.59. The molecule has 2 aliphatic heterocycles. The van der Waals surface area contributed by atoms with Crippen LogP contribution >= 0.6 is 11.6 Å². The Morgan fingerprint density at radius 3 is 2.55 bits per heavy atom. The highest BCUT2D eigenvalue weighted by Gasteiger charge is 2.30. The fourth-order valence-electron chi connectivity index (χ4n) is 4.46. The lowest BCUT2D eigenvalue weighted by molar-refractivity contribution is -0.126. The maximum absolute atomic E-state index is 12.7. The molecule has 1 aromatic heterocycles. The monoisotopic (exact) mass is 473 g/mol. The number of nitrogens with zero attached hydrogens (tertiary/aromatic N) is 3. The second-order valence-electron chi connectivity index (χ2n) is 8.72. The summed E-state index contributed by atoms with van der Waals surface area (Å²) in [6.07, 6.45) is 4.09. The highest BCUT2D eigenvalue weighted by Crippen LogP contribution is 2.35. The summed E-state index contributed by atoms with van der Waals surface area (Å²) in [7, 11) is 0. The number of amides is 2. The van der Waals surface area contributed by atoms with E-state index in [9.17, 15) is 9.59 Å². The molecule has 2 amide bonds. The van der Waals surface area contributed by atoms with E-state index >= 15 is 0 Å². The Hall–Kier alpha value is -2.58. The summed E-state index contributed by atoms with van der Waals surface area (Å²) in [6, 6.07) is 7.48. The molecule has 0 bridgehead atoms. The van der Waals surface area contributed by atoms with E-state index in [1.54, 1.807) is 0 Å². The summed E-state index contributed by atoms with van der Waals surface area (Å²) in [5.41, 5.74) is 2.34. The Morgan fingerprint density at radius 1 is 1.18 bits per heavy atom. The maximum atomic E-state index is 12.7. The summed E-state index contributed by atoms with van der Waals surface area (Å²) in [4.78, 5) is 27.1. The van der Waals surface area contributed by atoms with Crippen LogP contribution in [0.4, 0.5) is 11.5 Å². The first-order chi connectivity index (χ1) is 16.0. The quantitative estimate of drug-likeness (QED) is 0.640. The number of benzene rings is 1. The summed E-state index contributed by atoms with van der Waals surface area (Å²) in [6.45, 7) is 6.50. The molecule has 2 fully saturated rings.